The van der Waals surface area contributed by atoms with Gasteiger partial charge in [0.2, 0.25) is 0 Å². The maximum absolute atomic E-state index is 12.4. The quantitative estimate of drug-likeness (QED) is 0.727. The van der Waals surface area contributed by atoms with Crippen LogP contribution in [0.3, 0.4) is 0 Å². The van der Waals surface area contributed by atoms with E-state index in [1.807, 2.05) is 7.05 Å². The van der Waals surface area contributed by atoms with Gasteiger partial charge in [0, 0.05) is 32.2 Å². The highest BCUT2D eigenvalue weighted by Crippen LogP contribution is 2.17. The van der Waals surface area contributed by atoms with Gasteiger partial charge in [0.25, 0.3) is 10.2 Å². The number of nitrogens with zero attached hydrogens (tertiary/aromatic N) is 2. The molecular weight excluding hydrogens is 242 g/mol. The van der Waals surface area contributed by atoms with Gasteiger partial charge in [-0.1, -0.05) is 0 Å². The van der Waals surface area contributed by atoms with Gasteiger partial charge in [0.15, 0.2) is 0 Å². The number of piperidine rings is 1. The molecule has 7 heteroatoms. The van der Waals surface area contributed by atoms with Gasteiger partial charge >= 0.3 is 0 Å². The molecule has 0 aromatic rings. The molecular formula is C10H21N3O3S. The normalized spacial score (nSPS) is 29.4. The van der Waals surface area contributed by atoms with E-state index >= 15 is 0 Å². The van der Waals surface area contributed by atoms with E-state index in [9.17, 15) is 8.42 Å². The van der Waals surface area contributed by atoms with Crippen molar-refractivity contribution >= 4 is 10.2 Å². The molecule has 6 nitrogen and oxygen atoms in total. The number of morpholine rings is 1. The minimum Gasteiger partial charge on any atom is -0.379 e. The van der Waals surface area contributed by atoms with E-state index in [4.69, 9.17) is 4.74 Å². The van der Waals surface area contributed by atoms with E-state index in [-0.39, 0.29) is 6.04 Å². The Kier molecular flexibility index (Phi) is 4.37. The van der Waals surface area contributed by atoms with Gasteiger partial charge in [-0.15, -0.1) is 0 Å². The van der Waals surface area contributed by atoms with Gasteiger partial charge in [-0.3, -0.25) is 0 Å². The lowest BCUT2D eigenvalue weighted by molar-refractivity contribution is 0.0694. The first-order chi connectivity index (χ1) is 8.14. The molecule has 2 rings (SSSR count). The summed E-state index contributed by atoms with van der Waals surface area (Å²) in [6.07, 6.45) is 1.97. The third-order valence-electron chi connectivity index (χ3n) is 3.41. The maximum atomic E-state index is 12.4. The molecule has 2 aliphatic rings. The lowest BCUT2D eigenvalue weighted by Crippen LogP contribution is -2.54. The van der Waals surface area contributed by atoms with Gasteiger partial charge < -0.3 is 10.1 Å². The Labute approximate surface area is 103 Å². The molecule has 100 valence electrons. The van der Waals surface area contributed by atoms with Crippen LogP contribution in [-0.4, -0.2) is 69.5 Å². The summed E-state index contributed by atoms with van der Waals surface area (Å²) in [5, 5.41) is 3.16. The molecule has 2 heterocycles. The van der Waals surface area contributed by atoms with E-state index in [0.29, 0.717) is 39.4 Å². The van der Waals surface area contributed by atoms with Gasteiger partial charge in [0.1, 0.15) is 0 Å². The number of hydrogen-bond donors (Lipinski definition) is 1. The molecule has 0 radical (unpaired) electrons. The minimum absolute atomic E-state index is 0.277. The summed E-state index contributed by atoms with van der Waals surface area (Å²) in [6.45, 7) is 3.17. The highest BCUT2D eigenvalue weighted by Gasteiger charge is 2.33. The first-order valence-electron chi connectivity index (χ1n) is 6.15. The van der Waals surface area contributed by atoms with Crippen LogP contribution in [0.2, 0.25) is 0 Å². The fourth-order valence-electron chi connectivity index (χ4n) is 2.33. The Bertz CT molecular complexity index is 341. The lowest BCUT2D eigenvalue weighted by Gasteiger charge is -2.36. The fraction of sp³-hybridized carbons (Fsp3) is 1.00. The molecule has 1 N–H and O–H groups in total. The van der Waals surface area contributed by atoms with E-state index in [1.165, 1.54) is 4.31 Å². The molecule has 1 atom stereocenters. The molecule has 0 aromatic heterocycles. The summed E-state index contributed by atoms with van der Waals surface area (Å²) >= 11 is 0. The molecule has 2 fully saturated rings. The van der Waals surface area contributed by atoms with Crippen LogP contribution in [0.1, 0.15) is 12.8 Å². The van der Waals surface area contributed by atoms with Gasteiger partial charge in [-0.2, -0.15) is 17.0 Å². The Balaban J connectivity index is 2.03. The highest BCUT2D eigenvalue weighted by molar-refractivity contribution is 7.86. The van der Waals surface area contributed by atoms with Crippen molar-refractivity contribution in [2.45, 2.75) is 18.9 Å². The van der Waals surface area contributed by atoms with E-state index in [0.717, 1.165) is 12.8 Å². The van der Waals surface area contributed by atoms with Crippen LogP contribution < -0.4 is 5.32 Å². The second-order valence-corrected chi connectivity index (χ2v) is 6.43. The van der Waals surface area contributed by atoms with Crippen molar-refractivity contribution in [3.05, 3.63) is 0 Å². The molecule has 0 aliphatic carbocycles. The van der Waals surface area contributed by atoms with Crippen molar-refractivity contribution in [1.82, 2.24) is 13.9 Å². The van der Waals surface area contributed by atoms with Crippen molar-refractivity contribution in [2.75, 3.05) is 46.4 Å². The molecule has 1 unspecified atom stereocenters. The number of ether oxygens (including phenoxy) is 1. The molecule has 0 bridgehead atoms. The monoisotopic (exact) mass is 263 g/mol. The molecule has 2 aliphatic heterocycles. The second-order valence-electron chi connectivity index (χ2n) is 4.51. The van der Waals surface area contributed by atoms with Crippen molar-refractivity contribution in [2.24, 2.45) is 0 Å². The minimum atomic E-state index is -3.28. The molecule has 17 heavy (non-hydrogen) atoms. The van der Waals surface area contributed by atoms with Gasteiger partial charge in [-0.25, -0.2) is 0 Å². The molecule has 0 aromatic carbocycles. The Hall–Kier alpha value is -0.210. The zero-order valence-corrected chi connectivity index (χ0v) is 11.1. The average molecular weight is 263 g/mol. The Morgan fingerprint density at radius 2 is 1.88 bits per heavy atom. The number of likely N-dealkylation sites (N-methyl/N-ethyl adjacent to an activating group) is 1. The molecule has 0 spiro atoms. The van der Waals surface area contributed by atoms with Crippen LogP contribution in [0.5, 0.6) is 0 Å². The summed E-state index contributed by atoms with van der Waals surface area (Å²) in [5.41, 5.74) is 0. The topological polar surface area (TPSA) is 61.9 Å². The third kappa shape index (κ3) is 2.97. The lowest BCUT2D eigenvalue weighted by atomic mass is 10.1. The fourth-order valence-corrected chi connectivity index (χ4v) is 3.99. The van der Waals surface area contributed by atoms with E-state index in [2.05, 4.69) is 5.32 Å². The third-order valence-corrected chi connectivity index (χ3v) is 5.42. The zero-order chi connectivity index (χ0) is 12.3. The van der Waals surface area contributed by atoms with E-state index < -0.39 is 10.2 Å². The number of nitrogens with one attached hydrogen (secondary N) is 1. The second kappa shape index (κ2) is 5.62. The zero-order valence-electron chi connectivity index (χ0n) is 10.3. The van der Waals surface area contributed by atoms with Gasteiger partial charge in [-0.05, 0) is 19.9 Å². The van der Waals surface area contributed by atoms with Crippen LogP contribution >= 0.6 is 0 Å². The predicted octanol–water partition coefficient (Wildman–Crippen LogP) is -0.753. The number of hydrogen-bond acceptors (Lipinski definition) is 4. The predicted molar refractivity (Wildman–Crippen MR) is 65.0 cm³/mol. The Morgan fingerprint density at radius 3 is 2.53 bits per heavy atom. The standard InChI is InChI=1S/C10H21N3O3S/c1-11-10-3-2-4-13(9-10)17(14,15)12-5-7-16-8-6-12/h10-11H,2-9H2,1H3. The number of rotatable bonds is 3. The van der Waals surface area contributed by atoms with Crippen LogP contribution in [0, 0.1) is 0 Å². The van der Waals surface area contributed by atoms with Crippen molar-refractivity contribution in [3.8, 4) is 0 Å². The highest BCUT2D eigenvalue weighted by atomic mass is 32.2. The van der Waals surface area contributed by atoms with Crippen molar-refractivity contribution in [1.29, 1.82) is 0 Å². The van der Waals surface area contributed by atoms with E-state index in [1.54, 1.807) is 4.31 Å². The molecule has 0 saturated carbocycles. The van der Waals surface area contributed by atoms with Crippen molar-refractivity contribution in [3.63, 3.8) is 0 Å². The van der Waals surface area contributed by atoms with Crippen molar-refractivity contribution < 1.29 is 13.2 Å². The summed E-state index contributed by atoms with van der Waals surface area (Å²) in [5.74, 6) is 0. The van der Waals surface area contributed by atoms with Crippen LogP contribution in [0.15, 0.2) is 0 Å². The van der Waals surface area contributed by atoms with Gasteiger partial charge in [0.05, 0.1) is 13.2 Å². The molecule has 2 saturated heterocycles. The smallest absolute Gasteiger partial charge is 0.282 e. The summed E-state index contributed by atoms with van der Waals surface area (Å²) in [6, 6.07) is 0.277. The summed E-state index contributed by atoms with van der Waals surface area (Å²) in [7, 11) is -1.40. The first-order valence-corrected chi connectivity index (χ1v) is 7.54. The van der Waals surface area contributed by atoms with Crippen LogP contribution in [-0.2, 0) is 14.9 Å². The van der Waals surface area contributed by atoms with Crippen LogP contribution in [0.25, 0.3) is 0 Å². The first kappa shape index (κ1) is 13.2. The average Bonchev–Trinajstić information content (AvgIpc) is 2.40. The summed E-state index contributed by atoms with van der Waals surface area (Å²) in [4.78, 5) is 0. The maximum Gasteiger partial charge on any atom is 0.282 e. The SMILES string of the molecule is CNC1CCCN(S(=O)(=O)N2CCOCC2)C1. The Morgan fingerprint density at radius 1 is 1.18 bits per heavy atom. The van der Waals surface area contributed by atoms with Crippen LogP contribution in [0.4, 0.5) is 0 Å². The molecule has 0 amide bonds. The largest absolute Gasteiger partial charge is 0.379 e. The summed E-state index contributed by atoms with van der Waals surface area (Å²) < 4.78 is 33.1.